The van der Waals surface area contributed by atoms with Crippen molar-refractivity contribution in [1.82, 2.24) is 5.43 Å². The summed E-state index contributed by atoms with van der Waals surface area (Å²) in [5, 5.41) is 0. The molecule has 0 aliphatic heterocycles. The molecule has 2 rings (SSSR count). The van der Waals surface area contributed by atoms with E-state index in [-0.39, 0.29) is 6.04 Å². The highest BCUT2D eigenvalue weighted by Gasteiger charge is 2.13. The highest BCUT2D eigenvalue weighted by Crippen LogP contribution is 2.29. The summed E-state index contributed by atoms with van der Waals surface area (Å²) in [6.45, 7) is 0. The van der Waals surface area contributed by atoms with Gasteiger partial charge in [-0.05, 0) is 30.2 Å². The van der Waals surface area contributed by atoms with E-state index in [9.17, 15) is 0 Å². The van der Waals surface area contributed by atoms with Crippen molar-refractivity contribution in [2.24, 2.45) is 5.84 Å². The normalized spacial score (nSPS) is 12.2. The second kappa shape index (κ2) is 6.26. The van der Waals surface area contributed by atoms with Crippen LogP contribution in [0.25, 0.3) is 0 Å². The first kappa shape index (κ1) is 13.5. The molecule has 5 heteroatoms. The molecule has 0 amide bonds. The summed E-state index contributed by atoms with van der Waals surface area (Å²) in [6, 6.07) is 7.72. The lowest BCUT2D eigenvalue weighted by Crippen LogP contribution is -2.29. The monoisotopic (exact) mass is 262 g/mol. The quantitative estimate of drug-likeness (QED) is 0.616. The topological polar surface area (TPSA) is 69.7 Å². The summed E-state index contributed by atoms with van der Waals surface area (Å²) in [4.78, 5) is 0. The lowest BCUT2D eigenvalue weighted by Gasteiger charge is -2.15. The molecule has 2 aromatic rings. The number of hydrazine groups is 1. The molecule has 0 saturated heterocycles. The highest BCUT2D eigenvalue weighted by molar-refractivity contribution is 5.43. The fourth-order valence-corrected chi connectivity index (χ4v) is 1.99. The Hall–Kier alpha value is -1.98. The summed E-state index contributed by atoms with van der Waals surface area (Å²) in [7, 11) is 3.24. The third-order valence-corrected chi connectivity index (χ3v) is 3.03. The minimum absolute atomic E-state index is 0.00292. The molecule has 0 spiro atoms. The molecule has 102 valence electrons. The average Bonchev–Trinajstić information content (AvgIpc) is 2.98. The second-order valence-electron chi connectivity index (χ2n) is 4.17. The third-order valence-electron chi connectivity index (χ3n) is 3.03. The van der Waals surface area contributed by atoms with Crippen LogP contribution in [-0.2, 0) is 6.42 Å². The summed E-state index contributed by atoms with van der Waals surface area (Å²) in [6.07, 6.45) is 4.05. The van der Waals surface area contributed by atoms with Gasteiger partial charge in [-0.1, -0.05) is 6.07 Å². The van der Waals surface area contributed by atoms with Crippen LogP contribution in [0.5, 0.6) is 11.5 Å². The number of benzene rings is 1. The van der Waals surface area contributed by atoms with Crippen molar-refractivity contribution in [3.05, 3.63) is 47.9 Å². The first-order chi connectivity index (χ1) is 9.28. The summed E-state index contributed by atoms with van der Waals surface area (Å²) in [5.41, 5.74) is 4.90. The van der Waals surface area contributed by atoms with E-state index in [4.69, 9.17) is 19.7 Å². The van der Waals surface area contributed by atoms with Crippen LogP contribution >= 0.6 is 0 Å². The zero-order chi connectivity index (χ0) is 13.7. The molecule has 1 heterocycles. The maximum Gasteiger partial charge on any atom is 0.160 e. The van der Waals surface area contributed by atoms with Crippen molar-refractivity contribution in [2.75, 3.05) is 14.2 Å². The van der Waals surface area contributed by atoms with Crippen LogP contribution in [0.3, 0.4) is 0 Å². The number of nitrogens with one attached hydrogen (secondary N) is 1. The van der Waals surface area contributed by atoms with Gasteiger partial charge in [0, 0.05) is 5.56 Å². The standard InChI is InChI=1S/C14H18N2O3/c1-17-13-4-3-10(8-14(13)18-2)7-12(16-15)11-5-6-19-9-11/h3-6,8-9,12,16H,7,15H2,1-2H3. The van der Waals surface area contributed by atoms with E-state index < -0.39 is 0 Å². The SMILES string of the molecule is COc1ccc(CC(NN)c2ccoc2)cc1OC. The van der Waals surface area contributed by atoms with Crippen molar-refractivity contribution in [1.29, 1.82) is 0 Å². The van der Waals surface area contributed by atoms with E-state index in [1.165, 1.54) is 0 Å². The molecule has 3 N–H and O–H groups in total. The van der Waals surface area contributed by atoms with Crippen LogP contribution in [0, 0.1) is 0 Å². The number of methoxy groups -OCH3 is 2. The fraction of sp³-hybridized carbons (Fsp3) is 0.286. The van der Waals surface area contributed by atoms with Gasteiger partial charge in [-0.2, -0.15) is 0 Å². The average molecular weight is 262 g/mol. The molecule has 5 nitrogen and oxygen atoms in total. The van der Waals surface area contributed by atoms with Crippen molar-refractivity contribution in [2.45, 2.75) is 12.5 Å². The molecule has 1 aromatic heterocycles. The fourth-order valence-electron chi connectivity index (χ4n) is 1.99. The van der Waals surface area contributed by atoms with Gasteiger partial charge < -0.3 is 13.9 Å². The van der Waals surface area contributed by atoms with E-state index in [2.05, 4.69) is 5.43 Å². The first-order valence-corrected chi connectivity index (χ1v) is 5.97. The van der Waals surface area contributed by atoms with Crippen LogP contribution in [0.2, 0.25) is 0 Å². The Morgan fingerprint density at radius 2 is 2.00 bits per heavy atom. The van der Waals surface area contributed by atoms with E-state index >= 15 is 0 Å². The Balaban J connectivity index is 2.18. The van der Waals surface area contributed by atoms with E-state index in [1.807, 2.05) is 24.3 Å². The van der Waals surface area contributed by atoms with Crippen LogP contribution in [0.15, 0.2) is 41.2 Å². The van der Waals surface area contributed by atoms with Crippen LogP contribution < -0.4 is 20.7 Å². The molecule has 0 saturated carbocycles. The predicted molar refractivity (Wildman–Crippen MR) is 72.0 cm³/mol. The van der Waals surface area contributed by atoms with Gasteiger partial charge in [-0.3, -0.25) is 11.3 Å². The molecule has 0 aliphatic carbocycles. The number of ether oxygens (including phenoxy) is 2. The van der Waals surface area contributed by atoms with E-state index in [1.54, 1.807) is 26.7 Å². The van der Waals surface area contributed by atoms with Gasteiger partial charge in [0.15, 0.2) is 11.5 Å². The molecule has 1 aromatic carbocycles. The van der Waals surface area contributed by atoms with E-state index in [0.29, 0.717) is 11.5 Å². The zero-order valence-corrected chi connectivity index (χ0v) is 11.1. The lowest BCUT2D eigenvalue weighted by atomic mass is 10.0. The number of nitrogens with two attached hydrogens (primary N) is 1. The number of hydrogen-bond donors (Lipinski definition) is 2. The minimum atomic E-state index is -0.00292. The molecular weight excluding hydrogens is 244 g/mol. The Kier molecular flexibility index (Phi) is 4.43. The minimum Gasteiger partial charge on any atom is -0.493 e. The molecule has 0 fully saturated rings. The Bertz CT molecular complexity index is 511. The van der Waals surface area contributed by atoms with Crippen LogP contribution in [0.4, 0.5) is 0 Å². The van der Waals surface area contributed by atoms with Gasteiger partial charge in [-0.25, -0.2) is 0 Å². The number of rotatable bonds is 6. The van der Waals surface area contributed by atoms with Gasteiger partial charge in [0.2, 0.25) is 0 Å². The van der Waals surface area contributed by atoms with Crippen LogP contribution in [0.1, 0.15) is 17.2 Å². The lowest BCUT2D eigenvalue weighted by molar-refractivity contribution is 0.354. The number of hydrogen-bond acceptors (Lipinski definition) is 5. The third kappa shape index (κ3) is 3.07. The molecule has 19 heavy (non-hydrogen) atoms. The Labute approximate surface area is 112 Å². The largest absolute Gasteiger partial charge is 0.493 e. The molecule has 0 bridgehead atoms. The van der Waals surface area contributed by atoms with Crippen LogP contribution in [-0.4, -0.2) is 14.2 Å². The highest BCUT2D eigenvalue weighted by atomic mass is 16.5. The summed E-state index contributed by atoms with van der Waals surface area (Å²) in [5.74, 6) is 7.02. The predicted octanol–water partition coefficient (Wildman–Crippen LogP) is 2.04. The van der Waals surface area contributed by atoms with Gasteiger partial charge in [-0.15, -0.1) is 0 Å². The molecule has 1 atom stereocenters. The maximum absolute atomic E-state index is 5.59. The number of furan rings is 1. The Morgan fingerprint density at radius 1 is 1.21 bits per heavy atom. The smallest absolute Gasteiger partial charge is 0.160 e. The van der Waals surface area contributed by atoms with Gasteiger partial charge in [0.1, 0.15) is 0 Å². The molecule has 1 unspecified atom stereocenters. The molecule has 0 aliphatic rings. The Morgan fingerprint density at radius 3 is 2.58 bits per heavy atom. The van der Waals surface area contributed by atoms with Crippen molar-refractivity contribution in [3.63, 3.8) is 0 Å². The summed E-state index contributed by atoms with van der Waals surface area (Å²) >= 11 is 0. The summed E-state index contributed by atoms with van der Waals surface area (Å²) < 4.78 is 15.6. The maximum atomic E-state index is 5.59. The van der Waals surface area contributed by atoms with Crippen molar-refractivity contribution in [3.8, 4) is 11.5 Å². The van der Waals surface area contributed by atoms with Gasteiger partial charge in [0.05, 0.1) is 32.8 Å². The van der Waals surface area contributed by atoms with Gasteiger partial charge >= 0.3 is 0 Å². The van der Waals surface area contributed by atoms with Gasteiger partial charge in [0.25, 0.3) is 0 Å². The molecule has 0 radical (unpaired) electrons. The first-order valence-electron chi connectivity index (χ1n) is 5.97. The van der Waals surface area contributed by atoms with E-state index in [0.717, 1.165) is 17.5 Å². The zero-order valence-electron chi connectivity index (χ0n) is 11.1. The van der Waals surface area contributed by atoms with Crippen molar-refractivity contribution >= 4 is 0 Å². The second-order valence-corrected chi connectivity index (χ2v) is 4.17. The molecular formula is C14H18N2O3. The van der Waals surface area contributed by atoms with Crippen molar-refractivity contribution < 1.29 is 13.9 Å².